The molecule has 0 spiro atoms. The van der Waals surface area contributed by atoms with Crippen molar-refractivity contribution >= 4 is 23.7 Å². The van der Waals surface area contributed by atoms with Crippen LogP contribution >= 0.6 is 11.8 Å². The van der Waals surface area contributed by atoms with Gasteiger partial charge in [0.15, 0.2) is 5.16 Å². The molecule has 7 heteroatoms. The highest BCUT2D eigenvalue weighted by Gasteiger charge is 2.23. The Labute approximate surface area is 129 Å². The molecule has 0 unspecified atom stereocenters. The van der Waals surface area contributed by atoms with Crippen molar-refractivity contribution in [3.63, 3.8) is 0 Å². The number of hydrogen-bond acceptors (Lipinski definition) is 4. The van der Waals surface area contributed by atoms with Gasteiger partial charge in [-0.25, -0.2) is 9.78 Å². The van der Waals surface area contributed by atoms with Gasteiger partial charge < -0.3 is 9.88 Å². The summed E-state index contributed by atoms with van der Waals surface area (Å²) in [6.07, 6.45) is 4.86. The predicted molar refractivity (Wildman–Crippen MR) is 82.5 cm³/mol. The quantitative estimate of drug-likeness (QED) is 0.836. The summed E-state index contributed by atoms with van der Waals surface area (Å²) >= 11 is 1.39. The molecular weight excluding hydrogens is 288 g/mol. The van der Waals surface area contributed by atoms with Crippen LogP contribution < -0.4 is 10.6 Å². The summed E-state index contributed by atoms with van der Waals surface area (Å²) in [5, 5.41) is 5.50. The Balaban J connectivity index is 2.04. The molecule has 21 heavy (non-hydrogen) atoms. The zero-order valence-electron chi connectivity index (χ0n) is 12.7. The highest BCUT2D eigenvalue weighted by molar-refractivity contribution is 7.99. The van der Waals surface area contributed by atoms with Crippen LogP contribution in [0.1, 0.15) is 43.1 Å². The number of hydrogen-bond donors (Lipinski definition) is 2. The molecule has 116 valence electrons. The summed E-state index contributed by atoms with van der Waals surface area (Å²) in [4.78, 5) is 27.3. The Kier molecular flexibility index (Phi) is 5.27. The Morgan fingerprint density at radius 1 is 1.33 bits per heavy atom. The van der Waals surface area contributed by atoms with Crippen molar-refractivity contribution in [3.05, 3.63) is 11.4 Å². The molecule has 0 saturated heterocycles. The van der Waals surface area contributed by atoms with Gasteiger partial charge in [-0.3, -0.25) is 10.1 Å². The first-order valence-electron chi connectivity index (χ1n) is 7.22. The molecule has 6 nitrogen and oxygen atoms in total. The molecule has 1 aromatic rings. The molecular formula is C14H22N4O2S. The fraction of sp³-hybridized carbons (Fsp3) is 0.643. The molecule has 1 saturated carbocycles. The largest absolute Gasteiger partial charge is 0.341 e. The number of aryl methyl sites for hydroxylation is 1. The molecule has 0 radical (unpaired) electrons. The van der Waals surface area contributed by atoms with Crippen LogP contribution in [-0.2, 0) is 4.79 Å². The Bertz CT molecular complexity index is 535. The molecule has 0 bridgehead atoms. The smallest absolute Gasteiger partial charge is 0.321 e. The molecule has 0 atom stereocenters. The van der Waals surface area contributed by atoms with Gasteiger partial charge in [-0.05, 0) is 26.7 Å². The number of carbonyl (C=O) groups is 2. The fourth-order valence-electron chi connectivity index (χ4n) is 2.65. The van der Waals surface area contributed by atoms with Crippen molar-refractivity contribution in [3.8, 4) is 0 Å². The molecule has 0 aliphatic heterocycles. The second kappa shape index (κ2) is 6.98. The number of carbonyl (C=O) groups excluding carboxylic acids is 2. The van der Waals surface area contributed by atoms with Gasteiger partial charge in [0, 0.05) is 18.8 Å². The minimum Gasteiger partial charge on any atom is -0.341 e. The Morgan fingerprint density at radius 3 is 2.62 bits per heavy atom. The van der Waals surface area contributed by atoms with E-state index < -0.39 is 6.03 Å². The second-order valence-corrected chi connectivity index (χ2v) is 6.23. The molecule has 3 amide bonds. The molecule has 1 aliphatic rings. The van der Waals surface area contributed by atoms with E-state index in [9.17, 15) is 9.59 Å². The normalized spacial score (nSPS) is 15.2. The number of aromatic nitrogens is 2. The third-order valence-electron chi connectivity index (χ3n) is 3.86. The van der Waals surface area contributed by atoms with E-state index in [2.05, 4.69) is 27.1 Å². The van der Waals surface area contributed by atoms with Crippen molar-refractivity contribution in [2.24, 2.45) is 0 Å². The average Bonchev–Trinajstić information content (AvgIpc) is 3.06. The van der Waals surface area contributed by atoms with E-state index in [0.717, 1.165) is 10.9 Å². The van der Waals surface area contributed by atoms with Gasteiger partial charge >= 0.3 is 6.03 Å². The van der Waals surface area contributed by atoms with E-state index in [1.54, 1.807) is 0 Å². The second-order valence-electron chi connectivity index (χ2n) is 5.29. The molecule has 0 aromatic carbocycles. The van der Waals surface area contributed by atoms with Crippen LogP contribution in [0.25, 0.3) is 0 Å². The van der Waals surface area contributed by atoms with E-state index in [4.69, 9.17) is 0 Å². The number of imidazole rings is 1. The number of imide groups is 1. The highest BCUT2D eigenvalue weighted by atomic mass is 32.2. The van der Waals surface area contributed by atoms with Crippen molar-refractivity contribution in [1.82, 2.24) is 20.2 Å². The van der Waals surface area contributed by atoms with Gasteiger partial charge in [-0.1, -0.05) is 24.6 Å². The van der Waals surface area contributed by atoms with Crippen molar-refractivity contribution in [1.29, 1.82) is 0 Å². The summed E-state index contributed by atoms with van der Waals surface area (Å²) in [6.45, 7) is 4.07. The molecule has 2 N–H and O–H groups in total. The molecule has 1 aliphatic carbocycles. The topological polar surface area (TPSA) is 76.0 Å². The van der Waals surface area contributed by atoms with Gasteiger partial charge in [-0.15, -0.1) is 0 Å². The van der Waals surface area contributed by atoms with Gasteiger partial charge in [0.1, 0.15) is 0 Å². The van der Waals surface area contributed by atoms with Gasteiger partial charge in [0.25, 0.3) is 0 Å². The number of urea groups is 1. The Morgan fingerprint density at radius 2 is 2.00 bits per heavy atom. The van der Waals surface area contributed by atoms with Crippen LogP contribution in [0.2, 0.25) is 0 Å². The summed E-state index contributed by atoms with van der Waals surface area (Å²) in [7, 11) is 1.48. The van der Waals surface area contributed by atoms with Crippen molar-refractivity contribution < 1.29 is 9.59 Å². The minimum atomic E-state index is -0.480. The minimum absolute atomic E-state index is 0.191. The van der Waals surface area contributed by atoms with Gasteiger partial charge in [0.2, 0.25) is 5.91 Å². The summed E-state index contributed by atoms with van der Waals surface area (Å²) in [5.74, 6) is -0.119. The van der Waals surface area contributed by atoms with Crippen LogP contribution in [0, 0.1) is 13.8 Å². The lowest BCUT2D eigenvalue weighted by molar-refractivity contribution is -0.117. The lowest BCUT2D eigenvalue weighted by Crippen LogP contribution is -2.38. The maximum absolute atomic E-state index is 11.7. The maximum Gasteiger partial charge on any atom is 0.321 e. The number of thioether (sulfide) groups is 1. The van der Waals surface area contributed by atoms with E-state index >= 15 is 0 Å². The average molecular weight is 310 g/mol. The van der Waals surface area contributed by atoms with Crippen LogP contribution in [0.5, 0.6) is 0 Å². The van der Waals surface area contributed by atoms with Crippen LogP contribution in [0.15, 0.2) is 5.16 Å². The van der Waals surface area contributed by atoms with Gasteiger partial charge in [-0.2, -0.15) is 0 Å². The summed E-state index contributed by atoms with van der Waals surface area (Å²) in [5.41, 5.74) is 2.19. The third kappa shape index (κ3) is 3.78. The van der Waals surface area contributed by atoms with E-state index in [1.165, 1.54) is 50.2 Å². The maximum atomic E-state index is 11.7. The van der Waals surface area contributed by atoms with Crippen LogP contribution in [0.3, 0.4) is 0 Å². The van der Waals surface area contributed by atoms with Gasteiger partial charge in [0.05, 0.1) is 11.4 Å². The molecule has 1 heterocycles. The zero-order chi connectivity index (χ0) is 15.4. The fourth-order valence-corrected chi connectivity index (χ4v) is 3.60. The first-order chi connectivity index (χ1) is 10.0. The number of rotatable bonds is 4. The standard InChI is InChI=1S/C14H22N4O2S/c1-9-10(2)18(11-6-4-5-7-11)14(16-9)21-8-12(19)17-13(20)15-3/h11H,4-8H2,1-3H3,(H2,15,17,19,20). The third-order valence-corrected chi connectivity index (χ3v) is 4.81. The Hall–Kier alpha value is -1.50. The summed E-state index contributed by atoms with van der Waals surface area (Å²) < 4.78 is 2.26. The molecule has 1 fully saturated rings. The number of nitrogens with one attached hydrogen (secondary N) is 2. The molecule has 1 aromatic heterocycles. The van der Waals surface area contributed by atoms with Crippen LogP contribution in [0.4, 0.5) is 4.79 Å². The first kappa shape index (κ1) is 15.9. The predicted octanol–water partition coefficient (Wildman–Crippen LogP) is 2.16. The van der Waals surface area contributed by atoms with Crippen molar-refractivity contribution in [2.45, 2.75) is 50.7 Å². The van der Waals surface area contributed by atoms with Crippen LogP contribution in [-0.4, -0.2) is 34.3 Å². The van der Waals surface area contributed by atoms with E-state index in [0.29, 0.717) is 6.04 Å². The number of nitrogens with zero attached hydrogens (tertiary/aromatic N) is 2. The lowest BCUT2D eigenvalue weighted by Gasteiger charge is -2.16. The zero-order valence-corrected chi connectivity index (χ0v) is 13.5. The van der Waals surface area contributed by atoms with E-state index in [1.807, 2.05) is 6.92 Å². The van der Waals surface area contributed by atoms with E-state index in [-0.39, 0.29) is 11.7 Å². The number of amides is 3. The SMILES string of the molecule is CNC(=O)NC(=O)CSc1nc(C)c(C)n1C1CCCC1. The molecule has 2 rings (SSSR count). The monoisotopic (exact) mass is 310 g/mol. The highest BCUT2D eigenvalue weighted by Crippen LogP contribution is 2.35. The summed E-state index contributed by atoms with van der Waals surface area (Å²) in [6, 6.07) is 0.0165. The lowest BCUT2D eigenvalue weighted by atomic mass is 10.2. The van der Waals surface area contributed by atoms with Crippen molar-refractivity contribution in [2.75, 3.05) is 12.8 Å². The first-order valence-corrected chi connectivity index (χ1v) is 8.21.